The molecule has 2 amide bonds. The minimum absolute atomic E-state index is 0.00270. The van der Waals surface area contributed by atoms with Gasteiger partial charge in [0, 0.05) is 15.8 Å². The summed E-state index contributed by atoms with van der Waals surface area (Å²) in [4.78, 5) is 25.3. The molecule has 148 valence electrons. The van der Waals surface area contributed by atoms with Gasteiger partial charge in [-0.2, -0.15) is 0 Å². The number of halogens is 1. The van der Waals surface area contributed by atoms with Crippen LogP contribution in [0, 0.1) is 6.92 Å². The summed E-state index contributed by atoms with van der Waals surface area (Å²) in [6, 6.07) is 23.6. The third kappa shape index (κ3) is 6.01. The first-order chi connectivity index (χ1) is 14.0. The van der Waals surface area contributed by atoms with Crippen molar-refractivity contribution in [2.45, 2.75) is 13.0 Å². The number of carbonyl (C=O) groups excluding carboxylic acids is 2. The average Bonchev–Trinajstić information content (AvgIpc) is 2.72. The fourth-order valence-corrected chi connectivity index (χ4v) is 3.38. The maximum Gasteiger partial charge on any atom is 0.246 e. The molecule has 3 rings (SSSR count). The molecular formula is C23H22BrN3O2. The van der Waals surface area contributed by atoms with Crippen LogP contribution in [0.25, 0.3) is 0 Å². The quantitative estimate of drug-likeness (QED) is 0.488. The van der Waals surface area contributed by atoms with Crippen LogP contribution in [0.5, 0.6) is 0 Å². The van der Waals surface area contributed by atoms with Crippen LogP contribution in [-0.2, 0) is 9.59 Å². The maximum absolute atomic E-state index is 12.9. The number of hydrogen-bond acceptors (Lipinski definition) is 3. The Kier molecular flexibility index (Phi) is 7.16. The lowest BCUT2D eigenvalue weighted by atomic mass is 10.1. The molecular weight excluding hydrogens is 430 g/mol. The Morgan fingerprint density at radius 1 is 0.897 bits per heavy atom. The molecule has 3 aromatic rings. The van der Waals surface area contributed by atoms with E-state index >= 15 is 0 Å². The summed E-state index contributed by atoms with van der Waals surface area (Å²) in [5, 5.41) is 8.84. The van der Waals surface area contributed by atoms with E-state index in [-0.39, 0.29) is 18.4 Å². The van der Waals surface area contributed by atoms with Gasteiger partial charge in [-0.25, -0.2) is 0 Å². The van der Waals surface area contributed by atoms with E-state index in [1.165, 1.54) is 0 Å². The molecule has 1 unspecified atom stereocenters. The minimum Gasteiger partial charge on any atom is -0.325 e. The van der Waals surface area contributed by atoms with Gasteiger partial charge in [0.15, 0.2) is 0 Å². The van der Waals surface area contributed by atoms with Gasteiger partial charge < -0.3 is 10.6 Å². The van der Waals surface area contributed by atoms with Gasteiger partial charge in [-0.3, -0.25) is 14.9 Å². The van der Waals surface area contributed by atoms with E-state index in [0.717, 1.165) is 21.3 Å². The number of amides is 2. The number of rotatable bonds is 7. The van der Waals surface area contributed by atoms with Crippen LogP contribution in [0.1, 0.15) is 17.2 Å². The highest BCUT2D eigenvalue weighted by Gasteiger charge is 2.21. The van der Waals surface area contributed by atoms with Gasteiger partial charge in [0.2, 0.25) is 11.8 Å². The number of anilines is 2. The molecule has 5 nitrogen and oxygen atoms in total. The van der Waals surface area contributed by atoms with E-state index < -0.39 is 6.04 Å². The Labute approximate surface area is 178 Å². The zero-order valence-electron chi connectivity index (χ0n) is 16.0. The second-order valence-electron chi connectivity index (χ2n) is 6.59. The number of para-hydroxylation sites is 1. The van der Waals surface area contributed by atoms with Gasteiger partial charge in [0.25, 0.3) is 0 Å². The van der Waals surface area contributed by atoms with Crippen molar-refractivity contribution in [3.8, 4) is 0 Å². The number of aryl methyl sites for hydroxylation is 1. The lowest BCUT2D eigenvalue weighted by Crippen LogP contribution is -2.37. The van der Waals surface area contributed by atoms with Crippen molar-refractivity contribution >= 4 is 39.1 Å². The van der Waals surface area contributed by atoms with Crippen LogP contribution in [0.4, 0.5) is 11.4 Å². The maximum atomic E-state index is 12.9. The molecule has 0 saturated carbocycles. The first-order valence-electron chi connectivity index (χ1n) is 9.23. The summed E-state index contributed by atoms with van der Waals surface area (Å²) < 4.78 is 0.952. The Bertz CT molecular complexity index is 978. The van der Waals surface area contributed by atoms with Crippen molar-refractivity contribution in [1.29, 1.82) is 0 Å². The van der Waals surface area contributed by atoms with Gasteiger partial charge >= 0.3 is 0 Å². The summed E-state index contributed by atoms with van der Waals surface area (Å²) in [5.74, 6) is -0.445. The summed E-state index contributed by atoms with van der Waals surface area (Å²) in [7, 11) is 0. The molecule has 0 aliphatic rings. The molecule has 0 radical (unpaired) electrons. The van der Waals surface area contributed by atoms with Crippen molar-refractivity contribution in [3.05, 3.63) is 94.5 Å². The molecule has 0 aliphatic carbocycles. The molecule has 0 aromatic heterocycles. The van der Waals surface area contributed by atoms with Crippen LogP contribution < -0.4 is 16.0 Å². The zero-order chi connectivity index (χ0) is 20.6. The fourth-order valence-electron chi connectivity index (χ4n) is 2.90. The van der Waals surface area contributed by atoms with Gasteiger partial charge in [-0.05, 0) is 48.4 Å². The Morgan fingerprint density at radius 3 is 2.21 bits per heavy atom. The van der Waals surface area contributed by atoms with Crippen molar-refractivity contribution in [2.75, 3.05) is 17.2 Å². The van der Waals surface area contributed by atoms with E-state index in [1.807, 2.05) is 85.8 Å². The molecule has 1 atom stereocenters. The van der Waals surface area contributed by atoms with Crippen molar-refractivity contribution < 1.29 is 9.59 Å². The smallest absolute Gasteiger partial charge is 0.246 e. The Balaban J connectivity index is 1.68. The van der Waals surface area contributed by atoms with Crippen LogP contribution in [0.2, 0.25) is 0 Å². The normalized spacial score (nSPS) is 11.5. The average molecular weight is 452 g/mol. The van der Waals surface area contributed by atoms with Gasteiger partial charge in [-0.1, -0.05) is 64.5 Å². The van der Waals surface area contributed by atoms with Crippen LogP contribution in [-0.4, -0.2) is 18.4 Å². The van der Waals surface area contributed by atoms with Crippen LogP contribution in [0.3, 0.4) is 0 Å². The van der Waals surface area contributed by atoms with Crippen LogP contribution >= 0.6 is 15.9 Å². The number of carbonyl (C=O) groups is 2. The lowest BCUT2D eigenvalue weighted by Gasteiger charge is -2.19. The predicted molar refractivity (Wildman–Crippen MR) is 120 cm³/mol. The molecule has 0 fully saturated rings. The second-order valence-corrected chi connectivity index (χ2v) is 7.50. The predicted octanol–water partition coefficient (Wildman–Crippen LogP) is 4.67. The highest BCUT2D eigenvalue weighted by molar-refractivity contribution is 9.10. The molecule has 0 heterocycles. The fraction of sp³-hybridized carbons (Fsp3) is 0.130. The Morgan fingerprint density at radius 2 is 1.55 bits per heavy atom. The Hall–Kier alpha value is -2.96. The lowest BCUT2D eigenvalue weighted by molar-refractivity contribution is -0.119. The summed E-state index contributed by atoms with van der Waals surface area (Å²) in [6.45, 7) is 1.92. The third-order valence-electron chi connectivity index (χ3n) is 4.37. The van der Waals surface area contributed by atoms with Gasteiger partial charge in [0.1, 0.15) is 6.04 Å². The van der Waals surface area contributed by atoms with E-state index in [9.17, 15) is 9.59 Å². The SMILES string of the molecule is Cc1cc(Br)ccc1NC(=O)CNC(C(=O)Nc1ccccc1)c1ccccc1. The highest BCUT2D eigenvalue weighted by atomic mass is 79.9. The second kappa shape index (κ2) is 10.0. The number of nitrogens with one attached hydrogen (secondary N) is 3. The largest absolute Gasteiger partial charge is 0.325 e. The van der Waals surface area contributed by atoms with E-state index in [1.54, 1.807) is 0 Å². The highest BCUT2D eigenvalue weighted by Crippen LogP contribution is 2.20. The molecule has 29 heavy (non-hydrogen) atoms. The third-order valence-corrected chi connectivity index (χ3v) is 4.86. The molecule has 6 heteroatoms. The summed E-state index contributed by atoms with van der Waals surface area (Å²) in [5.41, 5.74) is 3.18. The van der Waals surface area contributed by atoms with Gasteiger partial charge in [0.05, 0.1) is 6.54 Å². The first kappa shape index (κ1) is 20.8. The monoisotopic (exact) mass is 451 g/mol. The zero-order valence-corrected chi connectivity index (χ0v) is 17.6. The molecule has 0 bridgehead atoms. The van der Waals surface area contributed by atoms with Crippen molar-refractivity contribution in [1.82, 2.24) is 5.32 Å². The van der Waals surface area contributed by atoms with E-state index in [2.05, 4.69) is 31.9 Å². The van der Waals surface area contributed by atoms with Crippen molar-refractivity contribution in [2.24, 2.45) is 0 Å². The van der Waals surface area contributed by atoms with E-state index in [4.69, 9.17) is 0 Å². The molecule has 0 aliphatic heterocycles. The molecule has 0 spiro atoms. The topological polar surface area (TPSA) is 70.2 Å². The standard InChI is InChI=1S/C23H22BrN3O2/c1-16-14-18(24)12-13-20(16)27-21(28)15-25-22(17-8-4-2-5-9-17)23(29)26-19-10-6-3-7-11-19/h2-14,22,25H,15H2,1H3,(H,26,29)(H,27,28). The molecule has 3 aromatic carbocycles. The molecule has 0 saturated heterocycles. The van der Waals surface area contributed by atoms with E-state index in [0.29, 0.717) is 5.69 Å². The van der Waals surface area contributed by atoms with Gasteiger partial charge in [-0.15, -0.1) is 0 Å². The van der Waals surface area contributed by atoms with Crippen LogP contribution in [0.15, 0.2) is 83.3 Å². The minimum atomic E-state index is -0.659. The summed E-state index contributed by atoms with van der Waals surface area (Å²) in [6.07, 6.45) is 0. The summed E-state index contributed by atoms with van der Waals surface area (Å²) >= 11 is 3.41. The van der Waals surface area contributed by atoms with Crippen molar-refractivity contribution in [3.63, 3.8) is 0 Å². The number of hydrogen-bond donors (Lipinski definition) is 3. The first-order valence-corrected chi connectivity index (χ1v) is 10.0. The number of benzene rings is 3. The molecule has 3 N–H and O–H groups in total.